The van der Waals surface area contributed by atoms with Gasteiger partial charge in [-0.1, -0.05) is 6.07 Å². The summed E-state index contributed by atoms with van der Waals surface area (Å²) in [4.78, 5) is 17.7. The molecular formula is C16H17BrN2O2. The molecule has 1 N–H and O–H groups in total. The van der Waals surface area contributed by atoms with Crippen molar-refractivity contribution >= 4 is 27.6 Å². The summed E-state index contributed by atoms with van der Waals surface area (Å²) >= 11 is 3.32. The zero-order valence-electron chi connectivity index (χ0n) is 12.0. The maximum atomic E-state index is 11.0. The van der Waals surface area contributed by atoms with Gasteiger partial charge in [0.1, 0.15) is 0 Å². The fourth-order valence-corrected chi connectivity index (χ4v) is 2.68. The van der Waals surface area contributed by atoms with Gasteiger partial charge in [0, 0.05) is 22.4 Å². The molecular weight excluding hydrogens is 332 g/mol. The van der Waals surface area contributed by atoms with Gasteiger partial charge in [-0.3, -0.25) is 4.98 Å². The number of aromatic carboxylic acids is 1. The lowest BCUT2D eigenvalue weighted by molar-refractivity contribution is 0.0696. The average Bonchev–Trinajstić information content (AvgIpc) is 2.44. The van der Waals surface area contributed by atoms with Crippen molar-refractivity contribution < 1.29 is 9.90 Å². The Bertz CT molecular complexity index is 658. The third-order valence-electron chi connectivity index (χ3n) is 3.23. The number of hydrogen-bond donors (Lipinski definition) is 1. The highest BCUT2D eigenvalue weighted by molar-refractivity contribution is 9.10. The largest absolute Gasteiger partial charge is 0.478 e. The fraction of sp³-hybridized carbons (Fsp3) is 0.250. The fourth-order valence-electron chi connectivity index (χ4n) is 2.14. The molecule has 2 rings (SSSR count). The molecule has 5 heteroatoms. The molecule has 1 heterocycles. The smallest absolute Gasteiger partial charge is 0.336 e. The summed E-state index contributed by atoms with van der Waals surface area (Å²) < 4.78 is 0.586. The number of nitrogens with zero attached hydrogens (tertiary/aromatic N) is 2. The molecule has 0 aliphatic heterocycles. The Labute approximate surface area is 132 Å². The minimum atomic E-state index is -0.933. The Balaban J connectivity index is 2.25. The predicted octanol–water partition coefficient (Wildman–Crippen LogP) is 3.88. The number of halogens is 1. The Morgan fingerprint density at radius 1 is 1.33 bits per heavy atom. The van der Waals surface area contributed by atoms with Gasteiger partial charge < -0.3 is 10.0 Å². The van der Waals surface area contributed by atoms with E-state index in [4.69, 9.17) is 5.11 Å². The van der Waals surface area contributed by atoms with Crippen LogP contribution in [0.3, 0.4) is 0 Å². The number of pyridine rings is 1. The monoisotopic (exact) mass is 348 g/mol. The summed E-state index contributed by atoms with van der Waals surface area (Å²) in [6.07, 6.45) is 0. The molecule has 0 atom stereocenters. The summed E-state index contributed by atoms with van der Waals surface area (Å²) in [6.45, 7) is 5.54. The van der Waals surface area contributed by atoms with E-state index in [2.05, 4.69) is 32.7 Å². The quantitative estimate of drug-likeness (QED) is 0.890. The van der Waals surface area contributed by atoms with Gasteiger partial charge in [0.15, 0.2) is 0 Å². The molecule has 0 amide bonds. The van der Waals surface area contributed by atoms with Gasteiger partial charge in [-0.25, -0.2) is 4.79 Å². The van der Waals surface area contributed by atoms with Crippen molar-refractivity contribution in [3.8, 4) is 0 Å². The van der Waals surface area contributed by atoms with Crippen molar-refractivity contribution in [3.63, 3.8) is 0 Å². The zero-order chi connectivity index (χ0) is 15.4. The number of carboxylic acid groups (broad SMARTS) is 1. The maximum Gasteiger partial charge on any atom is 0.336 e. The topological polar surface area (TPSA) is 53.4 Å². The van der Waals surface area contributed by atoms with E-state index < -0.39 is 5.97 Å². The van der Waals surface area contributed by atoms with Gasteiger partial charge >= 0.3 is 5.97 Å². The number of benzene rings is 1. The molecule has 0 radical (unpaired) electrons. The van der Waals surface area contributed by atoms with Crippen LogP contribution in [-0.4, -0.2) is 22.6 Å². The average molecular weight is 349 g/mol. The van der Waals surface area contributed by atoms with E-state index in [0.717, 1.165) is 23.6 Å². The molecule has 0 saturated heterocycles. The van der Waals surface area contributed by atoms with Crippen LogP contribution in [-0.2, 0) is 6.54 Å². The van der Waals surface area contributed by atoms with E-state index in [9.17, 15) is 4.79 Å². The van der Waals surface area contributed by atoms with E-state index in [1.807, 2.05) is 37.3 Å². The minimum Gasteiger partial charge on any atom is -0.478 e. The number of aryl methyl sites for hydroxylation is 1. The summed E-state index contributed by atoms with van der Waals surface area (Å²) in [5, 5.41) is 9.06. The third-order valence-corrected chi connectivity index (χ3v) is 3.88. The standard InChI is InChI=1S/C16H17BrN2O2/c1-3-19(10-12-6-4-5-11(2)18-12)13-7-8-14(16(20)21)15(17)9-13/h4-9H,3,10H2,1-2H3,(H,20,21). The van der Waals surface area contributed by atoms with Crippen molar-refractivity contribution in [1.29, 1.82) is 0 Å². The van der Waals surface area contributed by atoms with Gasteiger partial charge in [0.05, 0.1) is 17.8 Å². The number of carbonyl (C=O) groups is 1. The lowest BCUT2D eigenvalue weighted by Crippen LogP contribution is -2.22. The number of carboxylic acids is 1. The zero-order valence-corrected chi connectivity index (χ0v) is 13.6. The van der Waals surface area contributed by atoms with Crippen LogP contribution in [0.25, 0.3) is 0 Å². The highest BCUT2D eigenvalue weighted by Gasteiger charge is 2.12. The first-order valence-electron chi connectivity index (χ1n) is 6.71. The lowest BCUT2D eigenvalue weighted by atomic mass is 10.2. The van der Waals surface area contributed by atoms with Crippen LogP contribution in [0.2, 0.25) is 0 Å². The van der Waals surface area contributed by atoms with Crippen LogP contribution < -0.4 is 4.90 Å². The first kappa shape index (κ1) is 15.5. The van der Waals surface area contributed by atoms with Crippen LogP contribution in [0.1, 0.15) is 28.7 Å². The molecule has 0 aliphatic rings. The Morgan fingerprint density at radius 2 is 2.10 bits per heavy atom. The molecule has 0 aliphatic carbocycles. The van der Waals surface area contributed by atoms with Crippen LogP contribution in [0, 0.1) is 6.92 Å². The molecule has 0 fully saturated rings. The molecule has 0 saturated carbocycles. The summed E-state index contributed by atoms with van der Waals surface area (Å²) in [5.74, 6) is -0.933. The molecule has 110 valence electrons. The molecule has 21 heavy (non-hydrogen) atoms. The highest BCUT2D eigenvalue weighted by atomic mass is 79.9. The van der Waals surface area contributed by atoms with Gasteiger partial charge in [-0.15, -0.1) is 0 Å². The molecule has 0 bridgehead atoms. The Morgan fingerprint density at radius 3 is 2.67 bits per heavy atom. The molecule has 4 nitrogen and oxygen atoms in total. The maximum absolute atomic E-state index is 11.0. The molecule has 1 aromatic heterocycles. The first-order chi connectivity index (χ1) is 10.0. The van der Waals surface area contributed by atoms with Crippen LogP contribution in [0.4, 0.5) is 5.69 Å². The summed E-state index contributed by atoms with van der Waals surface area (Å²) in [5.41, 5.74) is 3.22. The van der Waals surface area contributed by atoms with Gasteiger partial charge in [0.25, 0.3) is 0 Å². The van der Waals surface area contributed by atoms with Crippen molar-refractivity contribution in [2.75, 3.05) is 11.4 Å². The van der Waals surface area contributed by atoms with Crippen molar-refractivity contribution in [2.45, 2.75) is 20.4 Å². The van der Waals surface area contributed by atoms with E-state index in [1.54, 1.807) is 6.07 Å². The SMILES string of the molecule is CCN(Cc1cccc(C)n1)c1ccc(C(=O)O)c(Br)c1. The number of aromatic nitrogens is 1. The number of hydrogen-bond acceptors (Lipinski definition) is 3. The summed E-state index contributed by atoms with van der Waals surface area (Å²) in [6, 6.07) is 11.2. The Kier molecular flexibility index (Phi) is 4.96. The number of anilines is 1. The first-order valence-corrected chi connectivity index (χ1v) is 7.51. The lowest BCUT2D eigenvalue weighted by Gasteiger charge is -2.23. The predicted molar refractivity (Wildman–Crippen MR) is 86.8 cm³/mol. The molecule has 1 aromatic carbocycles. The van der Waals surface area contributed by atoms with Crippen molar-refractivity contribution in [3.05, 3.63) is 57.8 Å². The van der Waals surface area contributed by atoms with E-state index in [1.165, 1.54) is 0 Å². The van der Waals surface area contributed by atoms with Crippen LogP contribution in [0.5, 0.6) is 0 Å². The molecule has 0 unspecified atom stereocenters. The van der Waals surface area contributed by atoms with E-state index >= 15 is 0 Å². The van der Waals surface area contributed by atoms with Gasteiger partial charge in [-0.05, 0) is 60.1 Å². The van der Waals surface area contributed by atoms with Crippen molar-refractivity contribution in [2.24, 2.45) is 0 Å². The minimum absolute atomic E-state index is 0.267. The third kappa shape index (κ3) is 3.82. The Hall–Kier alpha value is -1.88. The number of rotatable bonds is 5. The van der Waals surface area contributed by atoms with Crippen molar-refractivity contribution in [1.82, 2.24) is 4.98 Å². The second-order valence-corrected chi connectivity index (χ2v) is 5.61. The van der Waals surface area contributed by atoms with E-state index in [0.29, 0.717) is 11.0 Å². The summed E-state index contributed by atoms with van der Waals surface area (Å²) in [7, 11) is 0. The molecule has 2 aromatic rings. The molecule has 0 spiro atoms. The van der Waals surface area contributed by atoms with Crippen LogP contribution in [0.15, 0.2) is 40.9 Å². The second-order valence-electron chi connectivity index (χ2n) is 4.75. The second kappa shape index (κ2) is 6.72. The van der Waals surface area contributed by atoms with Crippen LogP contribution >= 0.6 is 15.9 Å². The van der Waals surface area contributed by atoms with Gasteiger partial charge in [-0.2, -0.15) is 0 Å². The normalized spacial score (nSPS) is 10.4. The van der Waals surface area contributed by atoms with Gasteiger partial charge in [0.2, 0.25) is 0 Å². The highest BCUT2D eigenvalue weighted by Crippen LogP contribution is 2.25. The van der Waals surface area contributed by atoms with E-state index in [-0.39, 0.29) is 5.56 Å².